The largest absolute Gasteiger partial charge is 0.208 e. The molecular weight excluding hydrogens is 558 g/mol. The molecule has 0 amide bonds. The predicted molar refractivity (Wildman–Crippen MR) is 189 cm³/mol. The molecule has 0 bridgehead atoms. The van der Waals surface area contributed by atoms with E-state index in [4.69, 9.17) is 15.0 Å². The van der Waals surface area contributed by atoms with Gasteiger partial charge in [0.1, 0.15) is 0 Å². The van der Waals surface area contributed by atoms with Crippen LogP contribution < -0.4 is 0 Å². The Labute approximate surface area is 267 Å². The first-order valence-corrected chi connectivity index (χ1v) is 15.5. The third kappa shape index (κ3) is 4.33. The Kier molecular flexibility index (Phi) is 6.14. The maximum absolute atomic E-state index is 5.14. The van der Waals surface area contributed by atoms with Crippen molar-refractivity contribution in [3.8, 4) is 78.7 Å². The Hall–Kier alpha value is -6.19. The lowest BCUT2D eigenvalue weighted by Gasteiger charge is -2.15. The summed E-state index contributed by atoms with van der Waals surface area (Å²) in [7, 11) is 0. The Morgan fingerprint density at radius 2 is 0.630 bits per heavy atom. The second-order valence-corrected chi connectivity index (χ2v) is 11.6. The van der Waals surface area contributed by atoms with Crippen LogP contribution in [0.3, 0.4) is 0 Å². The molecule has 0 spiro atoms. The minimum atomic E-state index is 0.650. The van der Waals surface area contributed by atoms with Crippen LogP contribution in [0.25, 0.3) is 89.4 Å². The summed E-state index contributed by atoms with van der Waals surface area (Å²) in [6.45, 7) is 0. The summed E-state index contributed by atoms with van der Waals surface area (Å²) in [6.07, 6.45) is 0. The van der Waals surface area contributed by atoms with Crippen molar-refractivity contribution in [3.05, 3.63) is 164 Å². The van der Waals surface area contributed by atoms with E-state index in [0.717, 1.165) is 27.6 Å². The van der Waals surface area contributed by atoms with E-state index in [1.54, 1.807) is 0 Å². The number of aromatic nitrogens is 3. The average molecular weight is 586 g/mol. The number of hydrogen-bond acceptors (Lipinski definition) is 3. The van der Waals surface area contributed by atoms with Gasteiger partial charge in [-0.3, -0.25) is 0 Å². The van der Waals surface area contributed by atoms with E-state index in [1.807, 2.05) is 24.3 Å². The van der Waals surface area contributed by atoms with Crippen LogP contribution in [0.2, 0.25) is 0 Å². The van der Waals surface area contributed by atoms with E-state index < -0.39 is 0 Å². The van der Waals surface area contributed by atoms with Gasteiger partial charge in [-0.1, -0.05) is 158 Å². The van der Waals surface area contributed by atoms with Crippen LogP contribution >= 0.6 is 0 Å². The molecule has 1 heterocycles. The summed E-state index contributed by atoms with van der Waals surface area (Å²) in [5, 5.41) is 2.34. The molecule has 0 saturated carbocycles. The van der Waals surface area contributed by atoms with Gasteiger partial charge in [-0.2, -0.15) is 0 Å². The third-order valence-corrected chi connectivity index (χ3v) is 8.92. The van der Waals surface area contributed by atoms with Crippen molar-refractivity contribution in [1.82, 2.24) is 15.0 Å². The van der Waals surface area contributed by atoms with Crippen LogP contribution in [0.1, 0.15) is 0 Å². The Morgan fingerprint density at radius 1 is 0.239 bits per heavy atom. The highest BCUT2D eigenvalue weighted by Crippen LogP contribution is 2.48. The molecule has 7 aromatic carbocycles. The minimum absolute atomic E-state index is 0.650. The maximum atomic E-state index is 5.14. The predicted octanol–water partition coefficient (Wildman–Crippen LogP) is 11.0. The first-order valence-electron chi connectivity index (χ1n) is 15.5. The Morgan fingerprint density at radius 3 is 1.24 bits per heavy atom. The minimum Gasteiger partial charge on any atom is -0.208 e. The van der Waals surface area contributed by atoms with E-state index in [1.165, 1.54) is 44.3 Å². The lowest BCUT2D eigenvalue weighted by molar-refractivity contribution is 1.08. The van der Waals surface area contributed by atoms with Gasteiger partial charge in [-0.15, -0.1) is 0 Å². The highest BCUT2D eigenvalue weighted by Gasteiger charge is 2.23. The van der Waals surface area contributed by atoms with Crippen LogP contribution in [0.15, 0.2) is 164 Å². The highest BCUT2D eigenvalue weighted by molar-refractivity contribution is 6.16. The van der Waals surface area contributed by atoms with Gasteiger partial charge in [0.05, 0.1) is 0 Å². The van der Waals surface area contributed by atoms with Gasteiger partial charge in [0.25, 0.3) is 0 Å². The normalized spacial score (nSPS) is 11.5. The van der Waals surface area contributed by atoms with Gasteiger partial charge in [0, 0.05) is 16.7 Å². The molecule has 1 aliphatic carbocycles. The molecule has 1 aromatic heterocycles. The molecule has 3 heteroatoms. The molecule has 0 aliphatic heterocycles. The van der Waals surface area contributed by atoms with E-state index in [2.05, 4.69) is 140 Å². The summed E-state index contributed by atoms with van der Waals surface area (Å²) >= 11 is 0. The molecule has 0 fully saturated rings. The first kappa shape index (κ1) is 26.2. The van der Waals surface area contributed by atoms with Crippen LogP contribution in [0.5, 0.6) is 0 Å². The fraction of sp³-hybridized carbons (Fsp3) is 0. The maximum Gasteiger partial charge on any atom is 0.164 e. The zero-order chi connectivity index (χ0) is 30.5. The number of hydrogen-bond donors (Lipinski definition) is 0. The van der Waals surface area contributed by atoms with Gasteiger partial charge in [0.2, 0.25) is 0 Å². The van der Waals surface area contributed by atoms with Crippen molar-refractivity contribution in [2.75, 3.05) is 0 Å². The number of benzene rings is 7. The molecule has 0 saturated heterocycles. The summed E-state index contributed by atoms with van der Waals surface area (Å²) < 4.78 is 0. The van der Waals surface area contributed by atoms with Crippen molar-refractivity contribution in [1.29, 1.82) is 0 Å². The molecular formula is C43H27N3. The van der Waals surface area contributed by atoms with Crippen molar-refractivity contribution < 1.29 is 0 Å². The number of rotatable bonds is 4. The lowest BCUT2D eigenvalue weighted by Crippen LogP contribution is -2.01. The average Bonchev–Trinajstić information content (AvgIpc) is 3.26. The van der Waals surface area contributed by atoms with Crippen molar-refractivity contribution in [3.63, 3.8) is 0 Å². The summed E-state index contributed by atoms with van der Waals surface area (Å²) in [4.78, 5) is 15.2. The van der Waals surface area contributed by atoms with E-state index >= 15 is 0 Å². The van der Waals surface area contributed by atoms with Gasteiger partial charge < -0.3 is 0 Å². The summed E-state index contributed by atoms with van der Waals surface area (Å²) in [5.74, 6) is 1.96. The molecule has 0 unspecified atom stereocenters. The molecule has 46 heavy (non-hydrogen) atoms. The van der Waals surface area contributed by atoms with Crippen LogP contribution in [-0.4, -0.2) is 15.0 Å². The van der Waals surface area contributed by atoms with Gasteiger partial charge in [-0.25, -0.2) is 15.0 Å². The Bertz CT molecular complexity index is 2340. The fourth-order valence-electron chi connectivity index (χ4n) is 6.74. The van der Waals surface area contributed by atoms with Crippen LogP contribution in [-0.2, 0) is 0 Å². The molecule has 0 radical (unpaired) electrons. The lowest BCUT2D eigenvalue weighted by atomic mass is 9.91. The van der Waals surface area contributed by atoms with Crippen LogP contribution in [0, 0.1) is 0 Å². The molecule has 1 aliphatic rings. The zero-order valence-electron chi connectivity index (χ0n) is 24.9. The second kappa shape index (κ2) is 10.8. The fourth-order valence-corrected chi connectivity index (χ4v) is 6.74. The highest BCUT2D eigenvalue weighted by atomic mass is 15.0. The van der Waals surface area contributed by atoms with Crippen molar-refractivity contribution in [2.24, 2.45) is 0 Å². The molecule has 9 rings (SSSR count). The SMILES string of the molecule is c1ccc(-c2ccc(-c3nc(-c4ccccc4)nc(-c4ccc5c6c(cccc46)-c4ccccc4-c4ccccc4-5)n3)cc2)cc1. The van der Waals surface area contributed by atoms with Gasteiger partial charge >= 0.3 is 0 Å². The van der Waals surface area contributed by atoms with E-state index in [0.29, 0.717) is 17.5 Å². The third-order valence-electron chi connectivity index (χ3n) is 8.92. The quantitative estimate of drug-likeness (QED) is 0.206. The molecule has 0 N–H and O–H groups in total. The zero-order valence-corrected chi connectivity index (χ0v) is 24.9. The Balaban J connectivity index is 1.27. The molecule has 0 atom stereocenters. The van der Waals surface area contributed by atoms with E-state index in [9.17, 15) is 0 Å². The van der Waals surface area contributed by atoms with Crippen molar-refractivity contribution >= 4 is 10.8 Å². The molecule has 8 aromatic rings. The summed E-state index contributed by atoms with van der Waals surface area (Å²) in [6, 6.07) is 57.5. The van der Waals surface area contributed by atoms with Crippen molar-refractivity contribution in [2.45, 2.75) is 0 Å². The molecule has 214 valence electrons. The number of fused-ring (bicyclic) bond motifs is 5. The van der Waals surface area contributed by atoms with Crippen LogP contribution in [0.4, 0.5) is 0 Å². The monoisotopic (exact) mass is 585 g/mol. The molecule has 3 nitrogen and oxygen atoms in total. The van der Waals surface area contributed by atoms with Gasteiger partial charge in [0.15, 0.2) is 17.5 Å². The summed E-state index contributed by atoms with van der Waals surface area (Å²) in [5.41, 5.74) is 12.6. The standard InChI is InChI=1S/C43H27N3/c1-3-12-28(13-4-1)29-22-24-31(25-23-29)42-44-41(30-14-5-2-6-15-30)45-43(46-42)39-27-26-38-35-19-10-8-17-33(35)32-16-7-9-18-34(32)36-20-11-21-37(39)40(36)38/h1-27H. The second-order valence-electron chi connectivity index (χ2n) is 11.6. The van der Waals surface area contributed by atoms with E-state index in [-0.39, 0.29) is 0 Å². The topological polar surface area (TPSA) is 38.7 Å². The van der Waals surface area contributed by atoms with Gasteiger partial charge in [-0.05, 0) is 61.3 Å². The first-order chi connectivity index (χ1) is 22.8. The smallest absolute Gasteiger partial charge is 0.164 e. The number of nitrogens with zero attached hydrogens (tertiary/aromatic N) is 3.